The molecule has 2 aromatic heterocycles. The van der Waals surface area contributed by atoms with Gasteiger partial charge in [-0.1, -0.05) is 20.8 Å². The van der Waals surface area contributed by atoms with Crippen LogP contribution in [0, 0.1) is 0 Å². The van der Waals surface area contributed by atoms with Crippen LogP contribution >= 0.6 is 0 Å². The van der Waals surface area contributed by atoms with Crippen molar-refractivity contribution in [3.8, 4) is 5.88 Å². The number of hydrogen-bond acceptors (Lipinski definition) is 6. The van der Waals surface area contributed by atoms with Crippen molar-refractivity contribution < 1.29 is 13.7 Å². The van der Waals surface area contributed by atoms with Gasteiger partial charge in [0.2, 0.25) is 5.88 Å². The highest BCUT2D eigenvalue weighted by Gasteiger charge is 2.36. The molecule has 0 bridgehead atoms. The standard InChI is InChI=1S/C22H31N7O3S/c1-4-24-13-11-29-20(32-12-13)17(10-25-29)33(23,31)28-21(30)27-18-14-6-5-7-16(14)26-19-15(18)8-9-22(19,2)3/h10,13,24H,4-9,11-12H2,1-3H3,(H3,23,26,27,28,30,31). The Morgan fingerprint density at radius 1 is 1.36 bits per heavy atom. The van der Waals surface area contributed by atoms with E-state index < -0.39 is 15.9 Å². The zero-order chi connectivity index (χ0) is 23.4. The van der Waals surface area contributed by atoms with Gasteiger partial charge in [-0.2, -0.15) is 5.10 Å². The number of carbonyl (C=O) groups is 1. The highest BCUT2D eigenvalue weighted by Crippen LogP contribution is 2.44. The van der Waals surface area contributed by atoms with Crippen LogP contribution in [0.1, 0.15) is 56.1 Å². The number of nitrogens with zero attached hydrogens (tertiary/aromatic N) is 4. The number of aryl methyl sites for hydroxylation is 1. The largest absolute Gasteiger partial charge is 0.475 e. The van der Waals surface area contributed by atoms with E-state index in [1.807, 2.05) is 6.92 Å². The van der Waals surface area contributed by atoms with E-state index in [4.69, 9.17) is 14.9 Å². The minimum atomic E-state index is -3.54. The predicted octanol–water partition coefficient (Wildman–Crippen LogP) is 2.29. The van der Waals surface area contributed by atoms with Crippen molar-refractivity contribution >= 4 is 21.6 Å². The quantitative estimate of drug-likeness (QED) is 0.623. The maximum Gasteiger partial charge on any atom is 0.354 e. The summed E-state index contributed by atoms with van der Waals surface area (Å²) >= 11 is 0. The lowest BCUT2D eigenvalue weighted by Crippen LogP contribution is -2.42. The van der Waals surface area contributed by atoms with Gasteiger partial charge in [0.05, 0.1) is 30.2 Å². The number of rotatable bonds is 4. The predicted molar refractivity (Wildman–Crippen MR) is 125 cm³/mol. The number of fused-ring (bicyclic) bond motifs is 3. The fraction of sp³-hybridized carbons (Fsp3) is 0.591. The molecule has 2 aromatic rings. The second kappa shape index (κ2) is 8.07. The third-order valence-corrected chi connectivity index (χ3v) is 8.15. The van der Waals surface area contributed by atoms with Gasteiger partial charge in [0.1, 0.15) is 11.5 Å². The number of likely N-dealkylation sites (N-methyl/N-ethyl adjacent to an activating group) is 1. The number of carbonyl (C=O) groups excluding carboxylic acids is 1. The van der Waals surface area contributed by atoms with Crippen LogP contribution < -0.4 is 20.5 Å². The molecule has 0 spiro atoms. The van der Waals surface area contributed by atoms with Crippen molar-refractivity contribution in [2.75, 3.05) is 18.5 Å². The van der Waals surface area contributed by atoms with E-state index in [-0.39, 0.29) is 16.4 Å². The van der Waals surface area contributed by atoms with Crippen molar-refractivity contribution in [2.45, 2.75) is 75.8 Å². The second-order valence-electron chi connectivity index (χ2n) is 9.63. The molecule has 11 heteroatoms. The van der Waals surface area contributed by atoms with E-state index >= 15 is 0 Å². The van der Waals surface area contributed by atoms with Gasteiger partial charge >= 0.3 is 6.03 Å². The summed E-state index contributed by atoms with van der Waals surface area (Å²) in [5.41, 5.74) is 4.96. The van der Waals surface area contributed by atoms with Crippen molar-refractivity contribution in [1.82, 2.24) is 20.1 Å². The van der Waals surface area contributed by atoms with Gasteiger partial charge in [0.25, 0.3) is 0 Å². The third-order valence-electron chi connectivity index (χ3n) is 6.80. The van der Waals surface area contributed by atoms with Crippen LogP contribution in [0.15, 0.2) is 15.5 Å². The SMILES string of the molecule is CCNC1COc2c(S(N)(=O)=NC(=O)Nc3c4c(nc5c3CCC5(C)C)CCC4)cnn2C1. The maximum absolute atomic E-state index is 13.3. The Kier molecular flexibility index (Phi) is 5.45. The van der Waals surface area contributed by atoms with E-state index in [0.29, 0.717) is 19.0 Å². The summed E-state index contributed by atoms with van der Waals surface area (Å²) in [6.45, 7) is 8.15. The minimum Gasteiger partial charge on any atom is -0.475 e. The zero-order valence-electron chi connectivity index (χ0n) is 19.3. The molecule has 0 saturated carbocycles. The molecule has 10 nitrogen and oxygen atoms in total. The van der Waals surface area contributed by atoms with Gasteiger partial charge in [0, 0.05) is 11.1 Å². The van der Waals surface area contributed by atoms with Gasteiger partial charge in [0.15, 0.2) is 9.92 Å². The topological polar surface area (TPSA) is 137 Å². The summed E-state index contributed by atoms with van der Waals surface area (Å²) in [4.78, 5) is 18.0. The summed E-state index contributed by atoms with van der Waals surface area (Å²) in [6, 6.07) is -0.625. The number of hydrogen-bond donors (Lipinski definition) is 3. The molecule has 33 heavy (non-hydrogen) atoms. The number of anilines is 1. The Bertz CT molecular complexity index is 1240. The molecule has 2 aliphatic carbocycles. The maximum atomic E-state index is 13.3. The normalized spacial score (nSPS) is 22.0. The van der Waals surface area contributed by atoms with Gasteiger partial charge in [-0.15, -0.1) is 4.36 Å². The first-order valence-electron chi connectivity index (χ1n) is 11.5. The van der Waals surface area contributed by atoms with Crippen LogP contribution in [0.3, 0.4) is 0 Å². The Morgan fingerprint density at radius 2 is 2.18 bits per heavy atom. The first-order chi connectivity index (χ1) is 15.7. The molecule has 0 radical (unpaired) electrons. The highest BCUT2D eigenvalue weighted by atomic mass is 32.2. The minimum absolute atomic E-state index is 0.0376. The van der Waals surface area contributed by atoms with Crippen LogP contribution in [0.4, 0.5) is 10.5 Å². The summed E-state index contributed by atoms with van der Waals surface area (Å²) in [6.07, 6.45) is 5.97. The Balaban J connectivity index is 1.45. The third kappa shape index (κ3) is 3.91. The molecule has 0 aromatic carbocycles. The van der Waals surface area contributed by atoms with Gasteiger partial charge < -0.3 is 15.4 Å². The number of aromatic nitrogens is 3. The lowest BCUT2D eigenvalue weighted by molar-refractivity contribution is 0.180. The molecule has 2 amide bonds. The summed E-state index contributed by atoms with van der Waals surface area (Å²) < 4.78 is 24.5. The molecule has 4 N–H and O–H groups in total. The van der Waals surface area contributed by atoms with E-state index in [1.165, 1.54) is 6.20 Å². The van der Waals surface area contributed by atoms with E-state index in [0.717, 1.165) is 66.9 Å². The zero-order valence-corrected chi connectivity index (χ0v) is 20.1. The second-order valence-corrected chi connectivity index (χ2v) is 11.4. The lowest BCUT2D eigenvalue weighted by Gasteiger charge is -2.25. The number of urea groups is 1. The first kappa shape index (κ1) is 22.3. The monoisotopic (exact) mass is 473 g/mol. The molecule has 5 rings (SSSR count). The van der Waals surface area contributed by atoms with Gasteiger partial charge in [-0.25, -0.2) is 18.8 Å². The van der Waals surface area contributed by atoms with Gasteiger partial charge in [-0.05, 0) is 49.8 Å². The molecule has 1 aliphatic heterocycles. The Labute approximate surface area is 194 Å². The molecule has 3 aliphatic rings. The number of nitrogens with two attached hydrogens (primary N) is 1. The number of nitrogens with one attached hydrogen (secondary N) is 2. The van der Waals surface area contributed by atoms with E-state index in [1.54, 1.807) is 4.68 Å². The molecular weight excluding hydrogens is 442 g/mol. The van der Waals surface area contributed by atoms with Crippen LogP contribution in [0.2, 0.25) is 0 Å². The smallest absolute Gasteiger partial charge is 0.354 e. The Morgan fingerprint density at radius 3 is 2.97 bits per heavy atom. The number of pyridine rings is 1. The number of amides is 2. The fourth-order valence-corrected chi connectivity index (χ4v) is 6.12. The fourth-order valence-electron chi connectivity index (χ4n) is 5.12. The molecule has 2 atom stereocenters. The van der Waals surface area contributed by atoms with E-state index in [9.17, 15) is 9.00 Å². The van der Waals surface area contributed by atoms with Crippen LogP contribution in [0.25, 0.3) is 0 Å². The summed E-state index contributed by atoms with van der Waals surface area (Å²) in [5.74, 6) is 0.306. The summed E-state index contributed by atoms with van der Waals surface area (Å²) in [5, 5.41) is 16.5. The number of ether oxygens (including phenoxy) is 1. The molecule has 0 fully saturated rings. The highest BCUT2D eigenvalue weighted by molar-refractivity contribution is 7.91. The van der Waals surface area contributed by atoms with Gasteiger partial charge in [-0.3, -0.25) is 4.98 Å². The van der Waals surface area contributed by atoms with Crippen molar-refractivity contribution in [2.24, 2.45) is 9.50 Å². The molecule has 2 unspecified atom stereocenters. The molecule has 3 heterocycles. The Hall–Kier alpha value is -2.50. The van der Waals surface area contributed by atoms with Crippen molar-refractivity contribution in [3.05, 3.63) is 28.7 Å². The van der Waals surface area contributed by atoms with Crippen molar-refractivity contribution in [3.63, 3.8) is 0 Å². The molecule has 0 saturated heterocycles. The molecule has 178 valence electrons. The average molecular weight is 474 g/mol. The first-order valence-corrected chi connectivity index (χ1v) is 13.1. The van der Waals surface area contributed by atoms with Crippen LogP contribution in [0.5, 0.6) is 5.88 Å². The van der Waals surface area contributed by atoms with Crippen LogP contribution in [-0.4, -0.2) is 44.2 Å². The summed E-state index contributed by atoms with van der Waals surface area (Å²) in [7, 11) is -3.54. The average Bonchev–Trinajstić information content (AvgIpc) is 3.45. The lowest BCUT2D eigenvalue weighted by atomic mass is 9.90. The van der Waals surface area contributed by atoms with Crippen molar-refractivity contribution in [1.29, 1.82) is 0 Å². The molecular formula is C22H31N7O3S. The van der Waals surface area contributed by atoms with E-state index in [2.05, 4.69) is 33.9 Å². The van der Waals surface area contributed by atoms with Crippen LogP contribution in [-0.2, 0) is 41.1 Å².